The van der Waals surface area contributed by atoms with E-state index in [1.807, 2.05) is 11.3 Å². The Kier molecular flexibility index (Phi) is 3.70. The standard InChI is InChI=1S/C14H22N2S2/c1-10(2)12-8-18-13(15-12)14(16-11-4-5-11)6-3-7-17-9-14/h8,10-11,16H,3-7,9H2,1-2H3. The Morgan fingerprint density at radius 2 is 2.28 bits per heavy atom. The molecular formula is C14H22N2S2. The Morgan fingerprint density at radius 1 is 1.44 bits per heavy atom. The SMILES string of the molecule is CC(C)c1csc(C2(NC3CC3)CCCSC2)n1. The van der Waals surface area contributed by atoms with Gasteiger partial charge in [-0.3, -0.25) is 0 Å². The van der Waals surface area contributed by atoms with Crippen molar-refractivity contribution in [2.75, 3.05) is 11.5 Å². The van der Waals surface area contributed by atoms with Crippen LogP contribution in [0.4, 0.5) is 0 Å². The molecule has 0 aromatic carbocycles. The molecule has 2 aliphatic rings. The molecule has 1 saturated heterocycles. The maximum atomic E-state index is 4.93. The summed E-state index contributed by atoms with van der Waals surface area (Å²) in [5.41, 5.74) is 1.45. The summed E-state index contributed by atoms with van der Waals surface area (Å²) in [5, 5.41) is 7.50. The van der Waals surface area contributed by atoms with Crippen LogP contribution in [0.25, 0.3) is 0 Å². The summed E-state index contributed by atoms with van der Waals surface area (Å²) in [6, 6.07) is 0.759. The van der Waals surface area contributed by atoms with E-state index >= 15 is 0 Å². The van der Waals surface area contributed by atoms with Crippen LogP contribution in [0.15, 0.2) is 5.38 Å². The van der Waals surface area contributed by atoms with Crippen molar-refractivity contribution in [2.45, 2.75) is 57.0 Å². The van der Waals surface area contributed by atoms with E-state index in [0.717, 1.165) is 6.04 Å². The molecule has 0 radical (unpaired) electrons. The molecular weight excluding hydrogens is 260 g/mol. The number of rotatable bonds is 4. The van der Waals surface area contributed by atoms with Gasteiger partial charge in [0.15, 0.2) is 0 Å². The summed E-state index contributed by atoms with van der Waals surface area (Å²) in [4.78, 5) is 4.93. The van der Waals surface area contributed by atoms with Crippen molar-refractivity contribution in [3.63, 3.8) is 0 Å². The van der Waals surface area contributed by atoms with Crippen molar-refractivity contribution in [3.05, 3.63) is 16.1 Å². The number of thiazole rings is 1. The quantitative estimate of drug-likeness (QED) is 0.910. The second kappa shape index (κ2) is 5.14. The Morgan fingerprint density at radius 3 is 2.83 bits per heavy atom. The lowest BCUT2D eigenvalue weighted by molar-refractivity contribution is 0.332. The second-order valence-corrected chi connectivity index (χ2v) is 7.85. The van der Waals surface area contributed by atoms with E-state index in [2.05, 4.69) is 36.3 Å². The monoisotopic (exact) mass is 282 g/mol. The van der Waals surface area contributed by atoms with Crippen LogP contribution in [-0.2, 0) is 5.54 Å². The highest BCUT2D eigenvalue weighted by Crippen LogP contribution is 2.40. The number of aromatic nitrogens is 1. The van der Waals surface area contributed by atoms with Gasteiger partial charge in [0, 0.05) is 17.2 Å². The minimum atomic E-state index is 0.182. The van der Waals surface area contributed by atoms with E-state index in [9.17, 15) is 0 Å². The van der Waals surface area contributed by atoms with Gasteiger partial charge < -0.3 is 5.32 Å². The van der Waals surface area contributed by atoms with E-state index in [-0.39, 0.29) is 5.54 Å². The molecule has 1 aliphatic carbocycles. The van der Waals surface area contributed by atoms with E-state index in [0.29, 0.717) is 5.92 Å². The average molecular weight is 282 g/mol. The molecule has 4 heteroatoms. The lowest BCUT2D eigenvalue weighted by Gasteiger charge is -2.36. The molecule has 1 atom stereocenters. The molecule has 3 rings (SSSR count). The zero-order chi connectivity index (χ0) is 12.6. The zero-order valence-electron chi connectivity index (χ0n) is 11.2. The highest BCUT2D eigenvalue weighted by Gasteiger charge is 2.41. The van der Waals surface area contributed by atoms with Crippen molar-refractivity contribution in [1.82, 2.24) is 10.3 Å². The molecule has 1 aromatic rings. The summed E-state index contributed by atoms with van der Waals surface area (Å²) in [5.74, 6) is 3.06. The van der Waals surface area contributed by atoms with Gasteiger partial charge in [-0.1, -0.05) is 13.8 Å². The smallest absolute Gasteiger partial charge is 0.114 e. The van der Waals surface area contributed by atoms with Gasteiger partial charge in [-0.05, 0) is 37.4 Å². The predicted molar refractivity (Wildman–Crippen MR) is 80.6 cm³/mol. The van der Waals surface area contributed by atoms with Crippen molar-refractivity contribution in [1.29, 1.82) is 0 Å². The van der Waals surface area contributed by atoms with Gasteiger partial charge in [0.05, 0.1) is 11.2 Å². The van der Waals surface area contributed by atoms with Crippen LogP contribution in [0.5, 0.6) is 0 Å². The first-order chi connectivity index (χ1) is 8.70. The van der Waals surface area contributed by atoms with Crippen LogP contribution in [0.1, 0.15) is 56.2 Å². The molecule has 2 nitrogen and oxygen atoms in total. The summed E-state index contributed by atoms with van der Waals surface area (Å²) in [7, 11) is 0. The maximum absolute atomic E-state index is 4.93. The first kappa shape index (κ1) is 12.9. The molecule has 0 spiro atoms. The highest BCUT2D eigenvalue weighted by atomic mass is 32.2. The van der Waals surface area contributed by atoms with E-state index < -0.39 is 0 Å². The minimum Gasteiger partial charge on any atom is -0.302 e. The molecule has 0 bridgehead atoms. The Hall–Kier alpha value is -0.0600. The van der Waals surface area contributed by atoms with Crippen LogP contribution in [0, 0.1) is 0 Å². The molecule has 1 unspecified atom stereocenters. The third-order valence-corrected chi connectivity index (χ3v) is 6.16. The summed E-state index contributed by atoms with van der Waals surface area (Å²) in [6.45, 7) is 4.46. The molecule has 1 aromatic heterocycles. The average Bonchev–Trinajstić information content (AvgIpc) is 3.02. The van der Waals surface area contributed by atoms with Gasteiger partial charge in [-0.25, -0.2) is 4.98 Å². The minimum absolute atomic E-state index is 0.182. The van der Waals surface area contributed by atoms with Gasteiger partial charge in [0.1, 0.15) is 5.01 Å². The lowest BCUT2D eigenvalue weighted by atomic mass is 9.95. The van der Waals surface area contributed by atoms with Gasteiger partial charge in [-0.15, -0.1) is 11.3 Å². The lowest BCUT2D eigenvalue weighted by Crippen LogP contribution is -2.47. The number of nitrogens with one attached hydrogen (secondary N) is 1. The third-order valence-electron chi connectivity index (χ3n) is 3.82. The summed E-state index contributed by atoms with van der Waals surface area (Å²) >= 11 is 3.95. The Labute approximate surface area is 118 Å². The van der Waals surface area contributed by atoms with Gasteiger partial charge in [0.25, 0.3) is 0 Å². The van der Waals surface area contributed by atoms with Crippen molar-refractivity contribution < 1.29 is 0 Å². The fourth-order valence-corrected chi connectivity index (χ4v) is 5.00. The van der Waals surface area contributed by atoms with Crippen LogP contribution in [0.3, 0.4) is 0 Å². The molecule has 0 amide bonds. The Balaban J connectivity index is 1.85. The summed E-state index contributed by atoms with van der Waals surface area (Å²) in [6.07, 6.45) is 5.30. The third kappa shape index (κ3) is 2.61. The van der Waals surface area contributed by atoms with E-state index in [1.54, 1.807) is 0 Å². The van der Waals surface area contributed by atoms with Crippen molar-refractivity contribution in [2.24, 2.45) is 0 Å². The highest BCUT2D eigenvalue weighted by molar-refractivity contribution is 7.99. The van der Waals surface area contributed by atoms with Crippen LogP contribution in [-0.4, -0.2) is 22.5 Å². The van der Waals surface area contributed by atoms with Crippen molar-refractivity contribution >= 4 is 23.1 Å². The van der Waals surface area contributed by atoms with E-state index in [4.69, 9.17) is 4.98 Å². The fraction of sp³-hybridized carbons (Fsp3) is 0.786. The van der Waals surface area contributed by atoms with E-state index in [1.165, 1.54) is 47.9 Å². The fourth-order valence-electron chi connectivity index (χ4n) is 2.53. The number of nitrogens with zero attached hydrogens (tertiary/aromatic N) is 1. The number of thioether (sulfide) groups is 1. The number of hydrogen-bond acceptors (Lipinski definition) is 4. The molecule has 1 aliphatic heterocycles. The first-order valence-electron chi connectivity index (χ1n) is 7.01. The van der Waals surface area contributed by atoms with Gasteiger partial charge >= 0.3 is 0 Å². The van der Waals surface area contributed by atoms with Crippen LogP contribution >= 0.6 is 23.1 Å². The second-order valence-electron chi connectivity index (χ2n) is 5.89. The first-order valence-corrected chi connectivity index (χ1v) is 9.04. The molecule has 2 fully saturated rings. The molecule has 2 heterocycles. The predicted octanol–water partition coefficient (Wildman–Crippen LogP) is 3.74. The normalized spacial score (nSPS) is 28.8. The zero-order valence-corrected chi connectivity index (χ0v) is 12.9. The molecule has 100 valence electrons. The number of hydrogen-bond donors (Lipinski definition) is 1. The van der Waals surface area contributed by atoms with Crippen LogP contribution in [0.2, 0.25) is 0 Å². The molecule has 1 N–H and O–H groups in total. The Bertz CT molecular complexity index is 404. The van der Waals surface area contributed by atoms with Gasteiger partial charge in [-0.2, -0.15) is 11.8 Å². The van der Waals surface area contributed by atoms with Crippen LogP contribution < -0.4 is 5.32 Å². The molecule has 1 saturated carbocycles. The largest absolute Gasteiger partial charge is 0.302 e. The summed E-state index contributed by atoms with van der Waals surface area (Å²) < 4.78 is 0. The maximum Gasteiger partial charge on any atom is 0.114 e. The molecule has 18 heavy (non-hydrogen) atoms. The topological polar surface area (TPSA) is 24.9 Å². The van der Waals surface area contributed by atoms with Gasteiger partial charge in [0.2, 0.25) is 0 Å². The van der Waals surface area contributed by atoms with Crippen molar-refractivity contribution in [3.8, 4) is 0 Å².